The van der Waals surface area contributed by atoms with Crippen LogP contribution >= 0.6 is 0 Å². The van der Waals surface area contributed by atoms with E-state index in [-0.39, 0.29) is 5.75 Å². The van der Waals surface area contributed by atoms with E-state index in [0.29, 0.717) is 19.5 Å². The predicted octanol–water partition coefficient (Wildman–Crippen LogP) is 1.54. The molecule has 0 aromatic carbocycles. The molecule has 0 bridgehead atoms. The zero-order valence-corrected chi connectivity index (χ0v) is 13.9. The molecule has 1 aliphatic rings. The van der Waals surface area contributed by atoms with Crippen molar-refractivity contribution in [2.24, 2.45) is 0 Å². The van der Waals surface area contributed by atoms with E-state index in [1.807, 2.05) is 20.8 Å². The number of aromatic nitrogens is 1. The summed E-state index contributed by atoms with van der Waals surface area (Å²) < 4.78 is 31.1. The molecule has 1 aromatic rings. The third kappa shape index (κ3) is 4.05. The van der Waals surface area contributed by atoms with Crippen molar-refractivity contribution in [1.29, 1.82) is 0 Å². The maximum atomic E-state index is 12.2. The SMILES string of the molecule is CCCS(=O)(=O)N1CCCN(Cc2c(C)noc2C)CC1. The highest BCUT2D eigenvalue weighted by Crippen LogP contribution is 2.17. The number of aryl methyl sites for hydroxylation is 2. The molecule has 0 spiro atoms. The van der Waals surface area contributed by atoms with Crippen molar-refractivity contribution in [1.82, 2.24) is 14.4 Å². The van der Waals surface area contributed by atoms with Crippen LogP contribution in [-0.2, 0) is 16.6 Å². The summed E-state index contributed by atoms with van der Waals surface area (Å²) in [6, 6.07) is 0. The smallest absolute Gasteiger partial charge is 0.214 e. The average molecular weight is 315 g/mol. The zero-order chi connectivity index (χ0) is 15.5. The normalized spacial score (nSPS) is 18.8. The molecule has 0 saturated carbocycles. The van der Waals surface area contributed by atoms with Crippen LogP contribution < -0.4 is 0 Å². The largest absolute Gasteiger partial charge is 0.361 e. The van der Waals surface area contributed by atoms with Gasteiger partial charge in [-0.15, -0.1) is 0 Å². The van der Waals surface area contributed by atoms with E-state index in [2.05, 4.69) is 10.1 Å². The van der Waals surface area contributed by atoms with Crippen LogP contribution in [0.25, 0.3) is 0 Å². The van der Waals surface area contributed by atoms with E-state index in [4.69, 9.17) is 4.52 Å². The van der Waals surface area contributed by atoms with Gasteiger partial charge in [-0.2, -0.15) is 0 Å². The Morgan fingerprint density at radius 3 is 2.57 bits per heavy atom. The van der Waals surface area contributed by atoms with Crippen LogP contribution in [0.1, 0.15) is 36.8 Å². The van der Waals surface area contributed by atoms with Crippen molar-refractivity contribution in [3.8, 4) is 0 Å². The minimum atomic E-state index is -3.08. The third-order valence-electron chi connectivity index (χ3n) is 3.97. The monoisotopic (exact) mass is 315 g/mol. The highest BCUT2D eigenvalue weighted by molar-refractivity contribution is 7.89. The number of sulfonamides is 1. The van der Waals surface area contributed by atoms with Gasteiger partial charge in [0.25, 0.3) is 0 Å². The molecule has 0 unspecified atom stereocenters. The fourth-order valence-electron chi connectivity index (χ4n) is 2.72. The Morgan fingerprint density at radius 2 is 1.95 bits per heavy atom. The van der Waals surface area contributed by atoms with E-state index < -0.39 is 10.0 Å². The molecule has 1 fully saturated rings. The summed E-state index contributed by atoms with van der Waals surface area (Å²) in [6.45, 7) is 9.41. The van der Waals surface area contributed by atoms with Gasteiger partial charge in [0.05, 0.1) is 11.4 Å². The first-order valence-corrected chi connectivity index (χ1v) is 9.17. The molecular weight excluding hydrogens is 290 g/mol. The van der Waals surface area contributed by atoms with Gasteiger partial charge in [0, 0.05) is 31.7 Å². The Balaban J connectivity index is 1.98. The second-order valence-electron chi connectivity index (χ2n) is 5.65. The number of hydrogen-bond donors (Lipinski definition) is 0. The lowest BCUT2D eigenvalue weighted by Gasteiger charge is -2.21. The topological polar surface area (TPSA) is 66.7 Å². The second kappa shape index (κ2) is 6.89. The number of nitrogens with zero attached hydrogens (tertiary/aromatic N) is 3. The van der Waals surface area contributed by atoms with Gasteiger partial charge in [-0.05, 0) is 33.2 Å². The average Bonchev–Trinajstić information content (AvgIpc) is 2.65. The predicted molar refractivity (Wildman–Crippen MR) is 81.5 cm³/mol. The van der Waals surface area contributed by atoms with Crippen LogP contribution in [0.3, 0.4) is 0 Å². The van der Waals surface area contributed by atoms with E-state index in [1.165, 1.54) is 0 Å². The van der Waals surface area contributed by atoms with Crippen molar-refractivity contribution in [2.45, 2.75) is 40.2 Å². The Morgan fingerprint density at radius 1 is 1.19 bits per heavy atom. The van der Waals surface area contributed by atoms with Crippen LogP contribution in [0, 0.1) is 13.8 Å². The van der Waals surface area contributed by atoms with Crippen molar-refractivity contribution >= 4 is 10.0 Å². The fourth-order valence-corrected chi connectivity index (χ4v) is 4.26. The fraction of sp³-hybridized carbons (Fsp3) is 0.786. The lowest BCUT2D eigenvalue weighted by Crippen LogP contribution is -2.36. The van der Waals surface area contributed by atoms with Crippen LogP contribution in [-0.4, -0.2) is 54.7 Å². The lowest BCUT2D eigenvalue weighted by atomic mass is 10.2. The van der Waals surface area contributed by atoms with Crippen LogP contribution in [0.15, 0.2) is 4.52 Å². The van der Waals surface area contributed by atoms with Crippen molar-refractivity contribution in [3.63, 3.8) is 0 Å². The number of hydrogen-bond acceptors (Lipinski definition) is 5. The third-order valence-corrected chi connectivity index (χ3v) is 6.04. The first-order valence-electron chi connectivity index (χ1n) is 7.56. The molecule has 0 aliphatic carbocycles. The van der Waals surface area contributed by atoms with E-state index in [9.17, 15) is 8.42 Å². The summed E-state index contributed by atoms with van der Waals surface area (Å²) >= 11 is 0. The highest BCUT2D eigenvalue weighted by Gasteiger charge is 2.25. The molecule has 0 atom stereocenters. The van der Waals surface area contributed by atoms with Gasteiger partial charge >= 0.3 is 0 Å². The summed E-state index contributed by atoms with van der Waals surface area (Å²) in [4.78, 5) is 2.29. The van der Waals surface area contributed by atoms with E-state index in [0.717, 1.165) is 43.1 Å². The van der Waals surface area contributed by atoms with Gasteiger partial charge in [-0.3, -0.25) is 4.90 Å². The van der Waals surface area contributed by atoms with Crippen LogP contribution in [0.4, 0.5) is 0 Å². The Hall–Kier alpha value is -0.920. The summed E-state index contributed by atoms with van der Waals surface area (Å²) in [6.07, 6.45) is 1.54. The molecule has 7 heteroatoms. The molecule has 2 rings (SSSR count). The summed E-state index contributed by atoms with van der Waals surface area (Å²) in [7, 11) is -3.08. The molecular formula is C14H25N3O3S. The van der Waals surface area contributed by atoms with Gasteiger partial charge < -0.3 is 4.52 Å². The minimum absolute atomic E-state index is 0.247. The van der Waals surface area contributed by atoms with E-state index in [1.54, 1.807) is 4.31 Å². The van der Waals surface area contributed by atoms with Crippen molar-refractivity contribution in [3.05, 3.63) is 17.0 Å². The molecule has 120 valence electrons. The van der Waals surface area contributed by atoms with Crippen LogP contribution in [0.5, 0.6) is 0 Å². The number of rotatable bonds is 5. The molecule has 2 heterocycles. The highest BCUT2D eigenvalue weighted by atomic mass is 32.2. The molecule has 1 aromatic heterocycles. The molecule has 0 N–H and O–H groups in total. The summed E-state index contributed by atoms with van der Waals surface area (Å²) in [5.74, 6) is 1.10. The van der Waals surface area contributed by atoms with Crippen LogP contribution in [0.2, 0.25) is 0 Å². The van der Waals surface area contributed by atoms with Crippen molar-refractivity contribution < 1.29 is 12.9 Å². The van der Waals surface area contributed by atoms with Gasteiger partial charge in [0.1, 0.15) is 5.76 Å². The molecule has 0 radical (unpaired) electrons. The molecule has 21 heavy (non-hydrogen) atoms. The lowest BCUT2D eigenvalue weighted by molar-refractivity contribution is 0.276. The Labute approximate surface area is 127 Å². The summed E-state index contributed by atoms with van der Waals surface area (Å²) in [5, 5.41) is 3.98. The molecule has 1 aliphatic heterocycles. The summed E-state index contributed by atoms with van der Waals surface area (Å²) in [5.41, 5.74) is 2.05. The van der Waals surface area contributed by atoms with Gasteiger partial charge in [-0.25, -0.2) is 12.7 Å². The quantitative estimate of drug-likeness (QED) is 0.824. The second-order valence-corrected chi connectivity index (χ2v) is 7.74. The van der Waals surface area contributed by atoms with Gasteiger partial charge in [0.2, 0.25) is 10.0 Å². The maximum absolute atomic E-state index is 12.2. The standard InChI is InChI=1S/C14H25N3O3S/c1-4-10-21(18,19)17-7-5-6-16(8-9-17)11-14-12(2)15-20-13(14)3/h4-11H2,1-3H3. The first kappa shape index (κ1) is 16.5. The Bertz CT molecular complexity index is 549. The molecule has 6 nitrogen and oxygen atoms in total. The first-order chi connectivity index (χ1) is 9.94. The maximum Gasteiger partial charge on any atom is 0.214 e. The zero-order valence-electron chi connectivity index (χ0n) is 13.1. The van der Waals surface area contributed by atoms with Gasteiger partial charge in [-0.1, -0.05) is 12.1 Å². The van der Waals surface area contributed by atoms with Crippen molar-refractivity contribution in [2.75, 3.05) is 31.9 Å². The molecule has 1 saturated heterocycles. The van der Waals surface area contributed by atoms with E-state index >= 15 is 0 Å². The van der Waals surface area contributed by atoms with Gasteiger partial charge in [0.15, 0.2) is 0 Å². The Kier molecular flexibility index (Phi) is 5.40. The molecule has 0 amide bonds. The minimum Gasteiger partial charge on any atom is -0.361 e.